The van der Waals surface area contributed by atoms with Gasteiger partial charge in [0, 0.05) is 11.6 Å². The number of benzene rings is 1. The summed E-state index contributed by atoms with van der Waals surface area (Å²) >= 11 is 5.96. The second-order valence-electron chi connectivity index (χ2n) is 4.42. The lowest BCUT2D eigenvalue weighted by Gasteiger charge is -2.04. The minimum atomic E-state index is -0.843. The average molecular weight is 331 g/mol. The fourth-order valence-electron chi connectivity index (χ4n) is 1.83. The molecule has 116 valence electrons. The van der Waals surface area contributed by atoms with Gasteiger partial charge in [0.1, 0.15) is 23.2 Å². The van der Waals surface area contributed by atoms with Crippen LogP contribution in [-0.2, 0) is 9.53 Å². The van der Waals surface area contributed by atoms with Crippen molar-refractivity contribution in [2.45, 2.75) is 0 Å². The summed E-state index contributed by atoms with van der Waals surface area (Å²) < 4.78 is 10.2. The summed E-state index contributed by atoms with van der Waals surface area (Å²) in [5, 5.41) is 9.07. The Labute approximate surface area is 136 Å². The van der Waals surface area contributed by atoms with E-state index in [1.54, 1.807) is 30.3 Å². The van der Waals surface area contributed by atoms with E-state index in [0.717, 1.165) is 0 Å². The summed E-state index contributed by atoms with van der Waals surface area (Å²) in [4.78, 5) is 22.7. The molecule has 0 atom stereocenters. The monoisotopic (exact) mass is 330 g/mol. The van der Waals surface area contributed by atoms with Crippen LogP contribution in [0.5, 0.6) is 0 Å². The van der Waals surface area contributed by atoms with Gasteiger partial charge in [-0.25, -0.2) is 4.79 Å². The molecule has 1 aromatic heterocycles. The molecule has 0 aliphatic heterocycles. The number of halogens is 1. The van der Waals surface area contributed by atoms with Gasteiger partial charge in [-0.3, -0.25) is 4.79 Å². The second-order valence-corrected chi connectivity index (χ2v) is 4.83. The zero-order chi connectivity index (χ0) is 17.0. The number of methoxy groups -OCH3 is 1. The molecule has 0 aliphatic rings. The molecule has 0 aliphatic carbocycles. The average Bonchev–Trinajstić information content (AvgIpc) is 3.00. The molecule has 0 bridgehead atoms. The van der Waals surface area contributed by atoms with Crippen molar-refractivity contribution >= 4 is 29.6 Å². The lowest BCUT2D eigenvalue weighted by Crippen LogP contribution is -2.12. The number of nitrogens with zero attached hydrogens (tertiary/aromatic N) is 1. The summed E-state index contributed by atoms with van der Waals surface area (Å²) in [5.74, 6) is -0.696. The molecule has 6 nitrogen and oxygen atoms in total. The Bertz CT molecular complexity index is 846. The lowest BCUT2D eigenvalue weighted by molar-refractivity contribution is -0.114. The predicted octanol–water partition coefficient (Wildman–Crippen LogP) is 2.78. The first-order chi connectivity index (χ1) is 11.0. The van der Waals surface area contributed by atoms with Crippen LogP contribution in [0.15, 0.2) is 40.3 Å². The Balaban J connectivity index is 2.40. The van der Waals surface area contributed by atoms with Crippen LogP contribution >= 0.6 is 11.6 Å². The lowest BCUT2D eigenvalue weighted by atomic mass is 10.1. The number of hydrogen-bond acceptors (Lipinski definition) is 5. The highest BCUT2D eigenvalue weighted by atomic mass is 35.5. The molecule has 7 heteroatoms. The smallest absolute Gasteiger partial charge is 0.339 e. The Morgan fingerprint density at radius 3 is 2.70 bits per heavy atom. The van der Waals surface area contributed by atoms with Crippen LogP contribution < -0.4 is 5.73 Å². The molecule has 1 heterocycles. The molecule has 2 N–H and O–H groups in total. The SMILES string of the molecule is COC(=O)c1cc(-c2ccc(/C=C(\C#N)C(N)=O)o2)ccc1Cl. The highest BCUT2D eigenvalue weighted by Gasteiger charge is 2.14. The van der Waals surface area contributed by atoms with Crippen LogP contribution in [0, 0.1) is 11.3 Å². The van der Waals surface area contributed by atoms with Crippen molar-refractivity contribution in [2.24, 2.45) is 5.73 Å². The first kappa shape index (κ1) is 16.3. The Morgan fingerprint density at radius 2 is 2.09 bits per heavy atom. The van der Waals surface area contributed by atoms with Crippen LogP contribution in [0.4, 0.5) is 0 Å². The normalized spacial score (nSPS) is 10.9. The van der Waals surface area contributed by atoms with Gasteiger partial charge in [-0.05, 0) is 30.3 Å². The third-order valence-electron chi connectivity index (χ3n) is 2.96. The third kappa shape index (κ3) is 3.59. The Morgan fingerprint density at radius 1 is 1.35 bits per heavy atom. The van der Waals surface area contributed by atoms with Gasteiger partial charge in [-0.1, -0.05) is 11.6 Å². The van der Waals surface area contributed by atoms with Crippen LogP contribution in [0.3, 0.4) is 0 Å². The number of nitriles is 1. The molecule has 1 aromatic carbocycles. The second kappa shape index (κ2) is 6.81. The number of carbonyl (C=O) groups is 2. The van der Waals surface area contributed by atoms with Crippen LogP contribution in [0.1, 0.15) is 16.1 Å². The zero-order valence-corrected chi connectivity index (χ0v) is 12.8. The predicted molar refractivity (Wildman–Crippen MR) is 83.3 cm³/mol. The third-order valence-corrected chi connectivity index (χ3v) is 3.29. The van der Waals surface area contributed by atoms with Gasteiger partial charge in [-0.2, -0.15) is 5.26 Å². The maximum absolute atomic E-state index is 11.6. The van der Waals surface area contributed by atoms with Crippen molar-refractivity contribution in [1.29, 1.82) is 5.26 Å². The van der Waals surface area contributed by atoms with E-state index >= 15 is 0 Å². The van der Waals surface area contributed by atoms with Crippen LogP contribution in [0.2, 0.25) is 5.02 Å². The number of esters is 1. The van der Waals surface area contributed by atoms with Gasteiger partial charge in [0.25, 0.3) is 5.91 Å². The summed E-state index contributed by atoms with van der Waals surface area (Å²) in [6, 6.07) is 9.63. The molecule has 2 rings (SSSR count). The van der Waals surface area contributed by atoms with Crippen LogP contribution in [0.25, 0.3) is 17.4 Å². The minimum absolute atomic E-state index is 0.204. The van der Waals surface area contributed by atoms with Crippen molar-refractivity contribution in [1.82, 2.24) is 0 Å². The minimum Gasteiger partial charge on any atom is -0.465 e. The highest BCUT2D eigenvalue weighted by molar-refractivity contribution is 6.33. The quantitative estimate of drug-likeness (QED) is 0.527. The van der Waals surface area contributed by atoms with Crippen molar-refractivity contribution in [3.05, 3.63) is 52.3 Å². The summed E-state index contributed by atoms with van der Waals surface area (Å²) in [5.41, 5.74) is 5.63. The zero-order valence-electron chi connectivity index (χ0n) is 12.0. The number of rotatable bonds is 4. The fourth-order valence-corrected chi connectivity index (χ4v) is 2.03. The first-order valence-corrected chi connectivity index (χ1v) is 6.73. The van der Waals surface area contributed by atoms with E-state index in [1.165, 1.54) is 19.3 Å². The maximum atomic E-state index is 11.6. The molecule has 0 saturated heterocycles. The van der Waals surface area contributed by atoms with Crippen molar-refractivity contribution in [2.75, 3.05) is 7.11 Å². The molecule has 1 amide bonds. The number of primary amides is 1. The molecular formula is C16H11ClN2O4. The molecule has 0 fully saturated rings. The van der Waals surface area contributed by atoms with Gasteiger partial charge >= 0.3 is 5.97 Å². The van der Waals surface area contributed by atoms with Gasteiger partial charge < -0.3 is 14.9 Å². The standard InChI is InChI=1S/C16H11ClN2O4/c1-22-16(21)12-7-9(2-4-13(12)17)14-5-3-11(23-14)6-10(8-18)15(19)20/h2-7H,1H3,(H2,19,20)/b10-6+. The van der Waals surface area contributed by atoms with Crippen molar-refractivity contribution in [3.8, 4) is 17.4 Å². The van der Waals surface area contributed by atoms with Crippen molar-refractivity contribution < 1.29 is 18.7 Å². The molecule has 0 unspecified atom stereocenters. The Kier molecular flexibility index (Phi) is 4.84. The van der Waals surface area contributed by atoms with Gasteiger partial charge in [-0.15, -0.1) is 0 Å². The molecule has 0 saturated carbocycles. The number of nitrogens with two attached hydrogens (primary N) is 1. The molecule has 0 spiro atoms. The van der Waals surface area contributed by atoms with Crippen LogP contribution in [-0.4, -0.2) is 19.0 Å². The van der Waals surface area contributed by atoms with E-state index in [4.69, 9.17) is 27.0 Å². The number of amides is 1. The van der Waals surface area contributed by atoms with E-state index in [9.17, 15) is 9.59 Å². The fraction of sp³-hybridized carbons (Fsp3) is 0.0625. The molecular weight excluding hydrogens is 320 g/mol. The Hall–Kier alpha value is -3.04. The number of carbonyl (C=O) groups excluding carboxylic acids is 2. The summed E-state index contributed by atoms with van der Waals surface area (Å²) in [7, 11) is 1.26. The summed E-state index contributed by atoms with van der Waals surface area (Å²) in [6.07, 6.45) is 1.24. The molecule has 0 radical (unpaired) electrons. The summed E-state index contributed by atoms with van der Waals surface area (Å²) in [6.45, 7) is 0. The first-order valence-electron chi connectivity index (χ1n) is 6.36. The van der Waals surface area contributed by atoms with E-state index in [-0.39, 0.29) is 21.9 Å². The van der Waals surface area contributed by atoms with Gasteiger partial charge in [0.2, 0.25) is 0 Å². The number of ether oxygens (including phenoxy) is 1. The molecule has 2 aromatic rings. The number of hydrogen-bond donors (Lipinski definition) is 1. The number of furan rings is 1. The van der Waals surface area contributed by atoms with Gasteiger partial charge in [0.15, 0.2) is 0 Å². The largest absolute Gasteiger partial charge is 0.465 e. The van der Waals surface area contributed by atoms with Gasteiger partial charge in [0.05, 0.1) is 17.7 Å². The van der Waals surface area contributed by atoms with E-state index in [2.05, 4.69) is 4.74 Å². The van der Waals surface area contributed by atoms with Crippen molar-refractivity contribution in [3.63, 3.8) is 0 Å². The van der Waals surface area contributed by atoms with E-state index in [0.29, 0.717) is 11.3 Å². The maximum Gasteiger partial charge on any atom is 0.339 e. The highest BCUT2D eigenvalue weighted by Crippen LogP contribution is 2.28. The van der Waals surface area contributed by atoms with E-state index < -0.39 is 11.9 Å². The molecule has 23 heavy (non-hydrogen) atoms. The van der Waals surface area contributed by atoms with E-state index in [1.807, 2.05) is 0 Å². The topological polar surface area (TPSA) is 106 Å².